The van der Waals surface area contributed by atoms with Gasteiger partial charge in [0.05, 0.1) is 10.6 Å². The number of aryl methyl sites for hydroxylation is 1. The summed E-state index contributed by atoms with van der Waals surface area (Å²) in [5, 5.41) is 15.1. The van der Waals surface area contributed by atoms with E-state index in [-0.39, 0.29) is 18.7 Å². The predicted molar refractivity (Wildman–Crippen MR) is 96.5 cm³/mol. The van der Waals surface area contributed by atoms with Crippen LogP contribution in [-0.2, 0) is 5.41 Å². The smallest absolute Gasteiger partial charge is 0.206 e. The Hall–Kier alpha value is -1.93. The monoisotopic (exact) mass is 378 g/mol. The predicted octanol–water partition coefficient (Wildman–Crippen LogP) is 4.59. The number of rotatable bonds is 5. The normalized spacial score (nSPS) is 22.6. The Morgan fingerprint density at radius 3 is 2.84 bits per heavy atom. The van der Waals surface area contributed by atoms with Gasteiger partial charge in [-0.05, 0) is 48.9 Å². The number of alkyl halides is 1. The molecule has 0 spiro atoms. The van der Waals surface area contributed by atoms with E-state index in [1.54, 1.807) is 23.6 Å². The van der Waals surface area contributed by atoms with E-state index in [4.69, 9.17) is 0 Å². The van der Waals surface area contributed by atoms with Crippen LogP contribution in [0.15, 0.2) is 29.8 Å². The van der Waals surface area contributed by atoms with E-state index >= 15 is 0 Å². The number of nitrogens with one attached hydrogen (secondary N) is 1. The quantitative estimate of drug-likeness (QED) is 0.705. The van der Waals surface area contributed by atoms with Crippen LogP contribution in [0.1, 0.15) is 24.1 Å². The van der Waals surface area contributed by atoms with Crippen LogP contribution in [0, 0.1) is 12.7 Å². The zero-order valence-electron chi connectivity index (χ0n) is 13.5. The minimum Gasteiger partial charge on any atom is -0.359 e. The third-order valence-electron chi connectivity index (χ3n) is 4.54. The molecule has 3 aromatic heterocycles. The van der Waals surface area contributed by atoms with E-state index in [0.29, 0.717) is 17.4 Å². The van der Waals surface area contributed by atoms with Crippen molar-refractivity contribution in [3.63, 3.8) is 0 Å². The number of thiophene rings is 1. The molecule has 3 aromatic rings. The van der Waals surface area contributed by atoms with E-state index in [0.717, 1.165) is 9.88 Å². The van der Waals surface area contributed by atoms with Crippen LogP contribution < -0.4 is 5.32 Å². The molecule has 4 nitrogen and oxygen atoms in total. The maximum atomic E-state index is 14.2. The zero-order valence-corrected chi connectivity index (χ0v) is 15.1. The zero-order chi connectivity index (χ0) is 17.4. The van der Waals surface area contributed by atoms with Crippen molar-refractivity contribution >= 4 is 27.8 Å². The first kappa shape index (κ1) is 16.5. The summed E-state index contributed by atoms with van der Waals surface area (Å²) in [6, 6.07) is 4.97. The molecule has 1 N–H and O–H groups in total. The molecule has 1 saturated carbocycles. The van der Waals surface area contributed by atoms with Crippen LogP contribution in [0.25, 0.3) is 9.88 Å². The SMILES string of the molecule is Cc1ccsc1-c1nnc(NC[C@]2(c3ncccc3F)C[C@H](F)C2)s1. The van der Waals surface area contributed by atoms with E-state index in [1.807, 2.05) is 18.4 Å². The summed E-state index contributed by atoms with van der Waals surface area (Å²) in [6.45, 7) is 2.42. The third-order valence-corrected chi connectivity index (χ3v) is 6.60. The molecule has 0 saturated heterocycles. The van der Waals surface area contributed by atoms with Gasteiger partial charge >= 0.3 is 0 Å². The lowest BCUT2D eigenvalue weighted by Crippen LogP contribution is -2.48. The van der Waals surface area contributed by atoms with Crippen molar-refractivity contribution in [2.24, 2.45) is 0 Å². The fourth-order valence-corrected chi connectivity index (χ4v) is 5.03. The molecule has 0 amide bonds. The molecule has 0 aromatic carbocycles. The summed E-state index contributed by atoms with van der Waals surface area (Å²) in [6.07, 6.45) is 1.17. The topological polar surface area (TPSA) is 50.7 Å². The third kappa shape index (κ3) is 3.04. The highest BCUT2D eigenvalue weighted by molar-refractivity contribution is 7.23. The second-order valence-electron chi connectivity index (χ2n) is 6.32. The van der Waals surface area contributed by atoms with E-state index in [9.17, 15) is 8.78 Å². The van der Waals surface area contributed by atoms with Crippen molar-refractivity contribution in [3.05, 3.63) is 46.9 Å². The van der Waals surface area contributed by atoms with Crippen molar-refractivity contribution < 1.29 is 8.78 Å². The van der Waals surface area contributed by atoms with Gasteiger partial charge in [-0.3, -0.25) is 4.98 Å². The first-order valence-electron chi connectivity index (χ1n) is 7.94. The van der Waals surface area contributed by atoms with Gasteiger partial charge in [-0.2, -0.15) is 0 Å². The molecule has 0 aliphatic heterocycles. The average molecular weight is 378 g/mol. The van der Waals surface area contributed by atoms with Gasteiger partial charge in [0.2, 0.25) is 5.13 Å². The highest BCUT2D eigenvalue weighted by Gasteiger charge is 2.48. The van der Waals surface area contributed by atoms with E-state index < -0.39 is 11.6 Å². The van der Waals surface area contributed by atoms with Gasteiger partial charge in [-0.15, -0.1) is 21.5 Å². The average Bonchev–Trinajstić information content (AvgIpc) is 3.19. The first-order chi connectivity index (χ1) is 12.1. The Labute approximate surface area is 152 Å². The van der Waals surface area contributed by atoms with Gasteiger partial charge in [0.25, 0.3) is 0 Å². The standard InChI is InChI=1S/C17H16F2N4S2/c1-10-4-6-24-13(10)15-22-23-16(25-15)21-9-17(7-11(18)8-17)14-12(19)3-2-5-20-14/h2-6,11H,7-9H2,1H3,(H,21,23)/t11-,17-. The van der Waals surface area contributed by atoms with Gasteiger partial charge in [0.15, 0.2) is 5.01 Å². The van der Waals surface area contributed by atoms with Crippen LogP contribution in [0.2, 0.25) is 0 Å². The van der Waals surface area contributed by atoms with Crippen molar-refractivity contribution in [3.8, 4) is 9.88 Å². The summed E-state index contributed by atoms with van der Waals surface area (Å²) in [4.78, 5) is 5.26. The fraction of sp³-hybridized carbons (Fsp3) is 0.353. The first-order valence-corrected chi connectivity index (χ1v) is 9.64. The number of nitrogens with zero attached hydrogens (tertiary/aromatic N) is 3. The van der Waals surface area contributed by atoms with Gasteiger partial charge < -0.3 is 5.32 Å². The maximum absolute atomic E-state index is 14.2. The molecule has 25 heavy (non-hydrogen) atoms. The number of hydrogen-bond acceptors (Lipinski definition) is 6. The van der Waals surface area contributed by atoms with E-state index in [1.165, 1.54) is 23.0 Å². The van der Waals surface area contributed by atoms with Gasteiger partial charge in [0.1, 0.15) is 12.0 Å². The van der Waals surface area contributed by atoms with Crippen LogP contribution in [0.5, 0.6) is 0 Å². The molecule has 130 valence electrons. The van der Waals surface area contributed by atoms with Gasteiger partial charge in [-0.25, -0.2) is 8.78 Å². The molecule has 4 rings (SSSR count). The van der Waals surface area contributed by atoms with E-state index in [2.05, 4.69) is 20.5 Å². The molecule has 0 unspecified atom stereocenters. The molecule has 0 atom stereocenters. The van der Waals surface area contributed by atoms with Crippen LogP contribution in [0.4, 0.5) is 13.9 Å². The molecular formula is C17H16F2N4S2. The highest BCUT2D eigenvalue weighted by atomic mass is 32.1. The Kier molecular flexibility index (Phi) is 4.24. The summed E-state index contributed by atoms with van der Waals surface area (Å²) in [5.41, 5.74) is 0.865. The van der Waals surface area contributed by atoms with Gasteiger partial charge in [-0.1, -0.05) is 11.3 Å². The molecule has 3 heterocycles. The van der Waals surface area contributed by atoms with Crippen molar-refractivity contribution in [1.82, 2.24) is 15.2 Å². The highest BCUT2D eigenvalue weighted by Crippen LogP contribution is 2.46. The number of aromatic nitrogens is 3. The minimum absolute atomic E-state index is 0.267. The molecule has 0 bridgehead atoms. The molecule has 0 radical (unpaired) electrons. The summed E-state index contributed by atoms with van der Waals surface area (Å²) in [7, 11) is 0. The number of hydrogen-bond donors (Lipinski definition) is 1. The largest absolute Gasteiger partial charge is 0.359 e. The number of pyridine rings is 1. The lowest BCUT2D eigenvalue weighted by Gasteiger charge is -2.43. The summed E-state index contributed by atoms with van der Waals surface area (Å²) < 4.78 is 27.7. The second-order valence-corrected chi connectivity index (χ2v) is 8.21. The lowest BCUT2D eigenvalue weighted by molar-refractivity contribution is 0.0965. The van der Waals surface area contributed by atoms with Gasteiger partial charge in [0, 0.05) is 18.2 Å². The molecule has 1 aliphatic carbocycles. The van der Waals surface area contributed by atoms with Crippen LogP contribution in [0.3, 0.4) is 0 Å². The van der Waals surface area contributed by atoms with Crippen molar-refractivity contribution in [2.75, 3.05) is 11.9 Å². The number of anilines is 1. The Bertz CT molecular complexity index is 886. The lowest BCUT2D eigenvalue weighted by atomic mass is 9.65. The molecule has 8 heteroatoms. The minimum atomic E-state index is -0.915. The number of halogens is 2. The van der Waals surface area contributed by atoms with Crippen molar-refractivity contribution in [1.29, 1.82) is 0 Å². The van der Waals surface area contributed by atoms with Crippen LogP contribution >= 0.6 is 22.7 Å². The molecule has 1 fully saturated rings. The summed E-state index contributed by atoms with van der Waals surface area (Å²) >= 11 is 3.07. The Morgan fingerprint density at radius 2 is 2.16 bits per heavy atom. The molecule has 1 aliphatic rings. The molecular weight excluding hydrogens is 362 g/mol. The Morgan fingerprint density at radius 1 is 1.32 bits per heavy atom. The maximum Gasteiger partial charge on any atom is 0.206 e. The fourth-order valence-electron chi connectivity index (χ4n) is 3.21. The summed E-state index contributed by atoms with van der Waals surface area (Å²) in [5.74, 6) is -0.386. The van der Waals surface area contributed by atoms with Crippen LogP contribution in [-0.4, -0.2) is 27.9 Å². The second kappa shape index (κ2) is 6.42. The Balaban J connectivity index is 1.53. The van der Waals surface area contributed by atoms with Crippen molar-refractivity contribution in [2.45, 2.75) is 31.4 Å².